The van der Waals surface area contributed by atoms with Crippen LogP contribution in [-0.2, 0) is 4.79 Å². The summed E-state index contributed by atoms with van der Waals surface area (Å²) in [5.41, 5.74) is 3.94. The number of likely N-dealkylation sites (tertiary alicyclic amines) is 1. The molecule has 0 spiro atoms. The summed E-state index contributed by atoms with van der Waals surface area (Å²) in [7, 11) is 0. The number of fused-ring (bicyclic) bond motifs is 1. The maximum Gasteiger partial charge on any atom is 0.246 e. The predicted molar refractivity (Wildman–Crippen MR) is 113 cm³/mol. The van der Waals surface area contributed by atoms with Crippen LogP contribution in [0.1, 0.15) is 31.7 Å². The topological polar surface area (TPSA) is 57.8 Å². The van der Waals surface area contributed by atoms with Gasteiger partial charge >= 0.3 is 0 Å². The Morgan fingerprint density at radius 2 is 1.75 bits per heavy atom. The van der Waals surface area contributed by atoms with E-state index < -0.39 is 0 Å². The van der Waals surface area contributed by atoms with E-state index in [0.717, 1.165) is 48.3 Å². The lowest BCUT2D eigenvalue weighted by Crippen LogP contribution is -2.34. The van der Waals surface area contributed by atoms with Gasteiger partial charge < -0.3 is 10.0 Å². The molecule has 5 heteroatoms. The molecule has 1 aliphatic heterocycles. The van der Waals surface area contributed by atoms with Gasteiger partial charge in [0.25, 0.3) is 0 Å². The van der Waals surface area contributed by atoms with Crippen LogP contribution in [0.3, 0.4) is 0 Å². The number of hydrogen-bond donors (Lipinski definition) is 1. The second-order valence-electron chi connectivity index (χ2n) is 6.69. The number of nitrogens with zero attached hydrogens (tertiary/aromatic N) is 3. The largest absolute Gasteiger partial charge is 0.397 e. The highest BCUT2D eigenvalue weighted by atomic mass is 16.2. The zero-order valence-electron chi connectivity index (χ0n) is 16.3. The number of aliphatic hydroxyl groups excluding tert-OH is 1. The van der Waals surface area contributed by atoms with Crippen molar-refractivity contribution in [2.75, 3.05) is 19.7 Å². The molecule has 1 saturated heterocycles. The molecule has 1 aromatic carbocycles. The highest BCUT2D eigenvalue weighted by molar-refractivity contribution is 5.95. The van der Waals surface area contributed by atoms with E-state index in [9.17, 15) is 4.79 Å². The summed E-state index contributed by atoms with van der Waals surface area (Å²) in [4.78, 5) is 14.4. The van der Waals surface area contributed by atoms with Crippen molar-refractivity contribution < 1.29 is 9.90 Å². The third kappa shape index (κ3) is 4.67. The number of amides is 1. The van der Waals surface area contributed by atoms with Crippen LogP contribution in [0.5, 0.6) is 0 Å². The van der Waals surface area contributed by atoms with Crippen LogP contribution < -0.4 is 0 Å². The standard InChI is InChI=1S/C21H21N3O.C2H6O/c25-20(23-14-6-2-7-15-23)13-12-18-19-11-5-8-16-24(19)22-21(18)17-9-3-1-4-10-17;1-2-3/h1,3-5,8-13,16H,2,6-7,14-15H2;3H,2H2,1H3. The first-order chi connectivity index (χ1) is 13.7. The summed E-state index contributed by atoms with van der Waals surface area (Å²) in [6, 6.07) is 16.1. The molecule has 3 aromatic rings. The minimum atomic E-state index is 0.0917. The van der Waals surface area contributed by atoms with Gasteiger partial charge in [-0.15, -0.1) is 0 Å². The molecular formula is C23H27N3O2. The Labute approximate surface area is 165 Å². The fourth-order valence-corrected chi connectivity index (χ4v) is 3.37. The van der Waals surface area contributed by atoms with E-state index in [1.54, 1.807) is 13.0 Å². The van der Waals surface area contributed by atoms with Gasteiger partial charge in [0.1, 0.15) is 5.69 Å². The molecule has 146 valence electrons. The zero-order valence-corrected chi connectivity index (χ0v) is 16.3. The average molecular weight is 377 g/mol. The van der Waals surface area contributed by atoms with Crippen molar-refractivity contribution in [3.8, 4) is 11.3 Å². The maximum atomic E-state index is 12.5. The monoisotopic (exact) mass is 377 g/mol. The van der Waals surface area contributed by atoms with Gasteiger partial charge in [0.15, 0.2) is 0 Å². The van der Waals surface area contributed by atoms with Crippen molar-refractivity contribution in [2.24, 2.45) is 0 Å². The highest BCUT2D eigenvalue weighted by Gasteiger charge is 2.16. The van der Waals surface area contributed by atoms with E-state index in [-0.39, 0.29) is 12.5 Å². The van der Waals surface area contributed by atoms with Crippen LogP contribution in [0.15, 0.2) is 60.8 Å². The van der Waals surface area contributed by atoms with Crippen molar-refractivity contribution >= 4 is 17.5 Å². The van der Waals surface area contributed by atoms with Crippen molar-refractivity contribution in [1.82, 2.24) is 14.5 Å². The van der Waals surface area contributed by atoms with Crippen LogP contribution >= 0.6 is 0 Å². The van der Waals surface area contributed by atoms with Crippen molar-refractivity contribution in [3.05, 3.63) is 66.4 Å². The van der Waals surface area contributed by atoms with Gasteiger partial charge in [0.2, 0.25) is 5.91 Å². The molecule has 1 fully saturated rings. The molecule has 1 N–H and O–H groups in total. The lowest BCUT2D eigenvalue weighted by atomic mass is 10.1. The molecule has 0 aliphatic carbocycles. The number of piperidine rings is 1. The Morgan fingerprint density at radius 1 is 1.07 bits per heavy atom. The predicted octanol–water partition coefficient (Wildman–Crippen LogP) is 4.03. The summed E-state index contributed by atoms with van der Waals surface area (Å²) in [5, 5.41) is 12.3. The molecule has 1 amide bonds. The Bertz CT molecular complexity index is 925. The number of carbonyl (C=O) groups is 1. The fourth-order valence-electron chi connectivity index (χ4n) is 3.37. The number of carbonyl (C=O) groups excluding carboxylic acids is 1. The van der Waals surface area contributed by atoms with Crippen molar-refractivity contribution in [1.29, 1.82) is 0 Å². The third-order valence-corrected chi connectivity index (χ3v) is 4.69. The summed E-state index contributed by atoms with van der Waals surface area (Å²) < 4.78 is 1.87. The first-order valence-electron chi connectivity index (χ1n) is 9.85. The Balaban J connectivity index is 0.000000706. The summed E-state index contributed by atoms with van der Waals surface area (Å²) in [6.07, 6.45) is 8.98. The molecule has 5 nitrogen and oxygen atoms in total. The van der Waals surface area contributed by atoms with Crippen LogP contribution in [0, 0.1) is 0 Å². The zero-order chi connectivity index (χ0) is 19.8. The molecule has 4 rings (SSSR count). The number of aliphatic hydroxyl groups is 1. The van der Waals surface area contributed by atoms with Gasteiger partial charge in [-0.1, -0.05) is 36.4 Å². The van der Waals surface area contributed by atoms with E-state index in [2.05, 4.69) is 0 Å². The smallest absolute Gasteiger partial charge is 0.246 e. The lowest BCUT2D eigenvalue weighted by molar-refractivity contribution is -0.126. The first-order valence-corrected chi connectivity index (χ1v) is 9.85. The molecule has 2 aromatic heterocycles. The quantitative estimate of drug-likeness (QED) is 0.701. The fraction of sp³-hybridized carbons (Fsp3) is 0.304. The number of aromatic nitrogens is 2. The maximum absolute atomic E-state index is 12.5. The number of rotatable bonds is 3. The van der Waals surface area contributed by atoms with Crippen LogP contribution in [0.4, 0.5) is 0 Å². The van der Waals surface area contributed by atoms with Gasteiger partial charge in [-0.3, -0.25) is 4.79 Å². The third-order valence-electron chi connectivity index (χ3n) is 4.69. The van der Waals surface area contributed by atoms with E-state index in [1.165, 1.54) is 6.42 Å². The molecule has 0 radical (unpaired) electrons. The first kappa shape index (κ1) is 19.8. The van der Waals surface area contributed by atoms with E-state index >= 15 is 0 Å². The molecule has 0 saturated carbocycles. The molecule has 0 bridgehead atoms. The van der Waals surface area contributed by atoms with Crippen molar-refractivity contribution in [2.45, 2.75) is 26.2 Å². The lowest BCUT2D eigenvalue weighted by Gasteiger charge is -2.25. The number of benzene rings is 1. The normalized spacial score (nSPS) is 14.1. The van der Waals surface area contributed by atoms with E-state index in [0.29, 0.717) is 0 Å². The van der Waals surface area contributed by atoms with Gasteiger partial charge in [-0.25, -0.2) is 4.52 Å². The van der Waals surface area contributed by atoms with Crippen LogP contribution in [-0.4, -0.2) is 45.2 Å². The Kier molecular flexibility index (Phi) is 6.98. The van der Waals surface area contributed by atoms with Crippen molar-refractivity contribution in [3.63, 3.8) is 0 Å². The van der Waals surface area contributed by atoms with Gasteiger partial charge in [0, 0.05) is 43.1 Å². The van der Waals surface area contributed by atoms with Gasteiger partial charge in [-0.2, -0.15) is 5.10 Å². The van der Waals surface area contributed by atoms with Crippen LogP contribution in [0.2, 0.25) is 0 Å². The molecule has 1 aliphatic rings. The SMILES string of the molecule is CCO.O=C(C=Cc1c(-c2ccccc2)nn2ccccc12)N1CCCCC1. The Hall–Kier alpha value is -2.92. The second kappa shape index (κ2) is 9.85. The van der Waals surface area contributed by atoms with Crippen LogP contribution in [0.25, 0.3) is 22.9 Å². The summed E-state index contributed by atoms with van der Waals surface area (Å²) in [5.74, 6) is 0.0917. The minimum Gasteiger partial charge on any atom is -0.397 e. The summed E-state index contributed by atoms with van der Waals surface area (Å²) in [6.45, 7) is 3.66. The number of hydrogen-bond acceptors (Lipinski definition) is 3. The average Bonchev–Trinajstić information content (AvgIpc) is 3.12. The second-order valence-corrected chi connectivity index (χ2v) is 6.69. The number of pyridine rings is 1. The molecular weight excluding hydrogens is 350 g/mol. The van der Waals surface area contributed by atoms with E-state index in [1.807, 2.05) is 70.2 Å². The van der Waals surface area contributed by atoms with Gasteiger partial charge in [-0.05, 0) is 44.4 Å². The minimum absolute atomic E-state index is 0.0917. The van der Waals surface area contributed by atoms with E-state index in [4.69, 9.17) is 10.2 Å². The molecule has 3 heterocycles. The molecule has 0 atom stereocenters. The highest BCUT2D eigenvalue weighted by Crippen LogP contribution is 2.27. The van der Waals surface area contributed by atoms with Gasteiger partial charge in [0.05, 0.1) is 5.52 Å². The molecule has 28 heavy (non-hydrogen) atoms. The summed E-state index contributed by atoms with van der Waals surface area (Å²) >= 11 is 0. The Morgan fingerprint density at radius 3 is 2.46 bits per heavy atom. The molecule has 0 unspecified atom stereocenters.